The quantitative estimate of drug-likeness (QED) is 0.711. The maximum absolute atomic E-state index is 5.83. The molecule has 0 fully saturated rings. The van der Waals surface area contributed by atoms with Crippen LogP contribution in [0.4, 0.5) is 22.7 Å². The minimum absolute atomic E-state index is 0.550. The summed E-state index contributed by atoms with van der Waals surface area (Å²) < 4.78 is 4.76. The molecule has 3 rings (SSSR count). The first-order valence-electron chi connectivity index (χ1n) is 6.20. The van der Waals surface area contributed by atoms with E-state index in [-0.39, 0.29) is 0 Å². The van der Waals surface area contributed by atoms with Crippen molar-refractivity contribution in [2.24, 2.45) is 0 Å². The molecule has 3 N–H and O–H groups in total. The van der Waals surface area contributed by atoms with Crippen LogP contribution in [0.3, 0.4) is 0 Å². The molecule has 2 aromatic carbocycles. The number of hydrogen-bond acceptors (Lipinski definition) is 6. The van der Waals surface area contributed by atoms with Crippen LogP contribution in [0.15, 0.2) is 41.0 Å². The first-order chi connectivity index (χ1) is 9.65. The third kappa shape index (κ3) is 2.11. The van der Waals surface area contributed by atoms with Gasteiger partial charge in [0, 0.05) is 25.5 Å². The number of nitrogens with one attached hydrogen (secondary N) is 1. The Hall–Kier alpha value is -2.76. The van der Waals surface area contributed by atoms with Crippen molar-refractivity contribution >= 4 is 33.8 Å². The molecule has 0 aliphatic heterocycles. The molecule has 0 unspecified atom stereocenters. The third-order valence-corrected chi connectivity index (χ3v) is 3.09. The number of benzene rings is 2. The van der Waals surface area contributed by atoms with Gasteiger partial charge in [-0.15, -0.1) is 0 Å². The number of nitrogens with zero attached hydrogens (tertiary/aromatic N) is 3. The summed E-state index contributed by atoms with van der Waals surface area (Å²) in [5, 5.41) is 11.0. The highest BCUT2D eigenvalue weighted by Crippen LogP contribution is 2.28. The zero-order valence-electron chi connectivity index (χ0n) is 11.3. The molecule has 0 atom stereocenters. The highest BCUT2D eigenvalue weighted by atomic mass is 16.6. The number of nitrogen functional groups attached to an aromatic ring is 1. The zero-order valence-corrected chi connectivity index (χ0v) is 11.3. The molecule has 20 heavy (non-hydrogen) atoms. The van der Waals surface area contributed by atoms with Gasteiger partial charge in [-0.1, -0.05) is 6.07 Å². The molecular formula is C14H15N5O. The number of fused-ring (bicyclic) bond motifs is 1. The van der Waals surface area contributed by atoms with Crippen LogP contribution in [-0.4, -0.2) is 24.4 Å². The van der Waals surface area contributed by atoms with Crippen LogP contribution >= 0.6 is 0 Å². The standard InChI is InChI=1S/C14H15N5O/c1-19(2)10-5-3-4-9(8-10)16-12-7-6-11(15)13-14(12)18-20-17-13/h3-8,16H,15H2,1-2H3. The second-order valence-corrected chi connectivity index (χ2v) is 4.73. The van der Waals surface area contributed by atoms with Crippen LogP contribution in [0.1, 0.15) is 0 Å². The molecule has 6 heteroatoms. The number of rotatable bonds is 3. The summed E-state index contributed by atoms with van der Waals surface area (Å²) in [5.74, 6) is 0. The summed E-state index contributed by atoms with van der Waals surface area (Å²) >= 11 is 0. The lowest BCUT2D eigenvalue weighted by atomic mass is 10.2. The van der Waals surface area contributed by atoms with Crippen LogP contribution in [-0.2, 0) is 0 Å². The Labute approximate surface area is 116 Å². The Morgan fingerprint density at radius 3 is 2.70 bits per heavy atom. The van der Waals surface area contributed by atoms with Gasteiger partial charge in [0.05, 0.1) is 11.4 Å². The molecule has 102 valence electrons. The molecule has 0 spiro atoms. The van der Waals surface area contributed by atoms with Crippen molar-refractivity contribution in [3.8, 4) is 0 Å². The minimum atomic E-state index is 0.550. The van der Waals surface area contributed by atoms with Gasteiger partial charge in [0.1, 0.15) is 0 Å². The van der Waals surface area contributed by atoms with Gasteiger partial charge in [0.15, 0.2) is 11.0 Å². The topological polar surface area (TPSA) is 80.2 Å². The van der Waals surface area contributed by atoms with Gasteiger partial charge in [0.2, 0.25) is 0 Å². The first kappa shape index (κ1) is 12.3. The van der Waals surface area contributed by atoms with Crippen molar-refractivity contribution in [1.29, 1.82) is 0 Å². The van der Waals surface area contributed by atoms with E-state index in [4.69, 9.17) is 10.4 Å². The van der Waals surface area contributed by atoms with E-state index in [1.165, 1.54) is 0 Å². The summed E-state index contributed by atoms with van der Waals surface area (Å²) in [7, 11) is 4.00. The molecule has 0 amide bonds. The van der Waals surface area contributed by atoms with Gasteiger partial charge in [-0.05, 0) is 40.6 Å². The smallest absolute Gasteiger partial charge is 0.160 e. The van der Waals surface area contributed by atoms with Gasteiger partial charge in [-0.2, -0.15) is 0 Å². The van der Waals surface area contributed by atoms with Crippen molar-refractivity contribution in [1.82, 2.24) is 10.3 Å². The van der Waals surface area contributed by atoms with E-state index in [9.17, 15) is 0 Å². The fraction of sp³-hybridized carbons (Fsp3) is 0.143. The first-order valence-corrected chi connectivity index (χ1v) is 6.20. The van der Waals surface area contributed by atoms with E-state index in [1.807, 2.05) is 43.3 Å². The van der Waals surface area contributed by atoms with Crippen molar-refractivity contribution in [2.45, 2.75) is 0 Å². The molecule has 1 heterocycles. The summed E-state index contributed by atoms with van der Waals surface area (Å²) in [6.07, 6.45) is 0. The van der Waals surface area contributed by atoms with Gasteiger partial charge >= 0.3 is 0 Å². The van der Waals surface area contributed by atoms with Crippen LogP contribution in [0.25, 0.3) is 11.0 Å². The molecule has 1 aromatic heterocycles. The zero-order chi connectivity index (χ0) is 14.1. The molecule has 0 saturated heterocycles. The van der Waals surface area contributed by atoms with Crippen LogP contribution < -0.4 is 16.0 Å². The highest BCUT2D eigenvalue weighted by molar-refractivity contribution is 5.96. The molecule has 3 aromatic rings. The lowest BCUT2D eigenvalue weighted by Crippen LogP contribution is -2.08. The van der Waals surface area contributed by atoms with E-state index < -0.39 is 0 Å². The number of aromatic nitrogens is 2. The highest BCUT2D eigenvalue weighted by Gasteiger charge is 2.10. The van der Waals surface area contributed by atoms with Crippen molar-refractivity contribution in [3.63, 3.8) is 0 Å². The summed E-state index contributed by atoms with van der Waals surface area (Å²) in [5.41, 5.74) is 10.5. The number of anilines is 4. The molecule has 0 bridgehead atoms. The SMILES string of the molecule is CN(C)c1cccc(Nc2ccc(N)c3nonc23)c1. The largest absolute Gasteiger partial charge is 0.397 e. The van der Waals surface area contributed by atoms with Crippen molar-refractivity contribution in [2.75, 3.05) is 30.0 Å². The van der Waals surface area contributed by atoms with E-state index in [0.29, 0.717) is 16.7 Å². The Balaban J connectivity index is 1.99. The lowest BCUT2D eigenvalue weighted by Gasteiger charge is -2.14. The number of hydrogen-bond donors (Lipinski definition) is 2. The van der Waals surface area contributed by atoms with Gasteiger partial charge in [-0.3, -0.25) is 0 Å². The Kier molecular flexibility index (Phi) is 2.90. The van der Waals surface area contributed by atoms with E-state index in [2.05, 4.69) is 21.7 Å². The molecule has 0 saturated carbocycles. The van der Waals surface area contributed by atoms with E-state index >= 15 is 0 Å². The predicted molar refractivity (Wildman–Crippen MR) is 80.3 cm³/mol. The van der Waals surface area contributed by atoms with Gasteiger partial charge < -0.3 is 16.0 Å². The normalized spacial score (nSPS) is 10.7. The van der Waals surface area contributed by atoms with E-state index in [0.717, 1.165) is 17.1 Å². The molecule has 0 aliphatic rings. The maximum Gasteiger partial charge on any atom is 0.160 e. The summed E-state index contributed by atoms with van der Waals surface area (Å²) in [4.78, 5) is 2.04. The van der Waals surface area contributed by atoms with Crippen molar-refractivity contribution in [3.05, 3.63) is 36.4 Å². The van der Waals surface area contributed by atoms with Crippen LogP contribution in [0.2, 0.25) is 0 Å². The van der Waals surface area contributed by atoms with Crippen LogP contribution in [0.5, 0.6) is 0 Å². The molecule has 0 aliphatic carbocycles. The minimum Gasteiger partial charge on any atom is -0.397 e. The Bertz CT molecular complexity index is 750. The third-order valence-electron chi connectivity index (χ3n) is 3.09. The second kappa shape index (κ2) is 4.73. The average molecular weight is 269 g/mol. The average Bonchev–Trinajstić information content (AvgIpc) is 2.93. The fourth-order valence-electron chi connectivity index (χ4n) is 2.00. The van der Waals surface area contributed by atoms with Crippen LogP contribution in [0, 0.1) is 0 Å². The molecule has 0 radical (unpaired) electrons. The number of nitrogens with two attached hydrogens (primary N) is 1. The van der Waals surface area contributed by atoms with E-state index in [1.54, 1.807) is 6.07 Å². The second-order valence-electron chi connectivity index (χ2n) is 4.73. The lowest BCUT2D eigenvalue weighted by molar-refractivity contribution is 0.316. The van der Waals surface area contributed by atoms with Gasteiger partial charge in [0.25, 0.3) is 0 Å². The fourth-order valence-corrected chi connectivity index (χ4v) is 2.00. The molecule has 6 nitrogen and oxygen atoms in total. The molecular weight excluding hydrogens is 254 g/mol. The predicted octanol–water partition coefficient (Wildman–Crippen LogP) is 2.61. The van der Waals surface area contributed by atoms with Crippen molar-refractivity contribution < 1.29 is 4.63 Å². The Morgan fingerprint density at radius 1 is 1.10 bits per heavy atom. The summed E-state index contributed by atoms with van der Waals surface area (Å²) in [6.45, 7) is 0. The monoisotopic (exact) mass is 269 g/mol. The maximum atomic E-state index is 5.83. The van der Waals surface area contributed by atoms with Gasteiger partial charge in [-0.25, -0.2) is 4.63 Å². The Morgan fingerprint density at radius 2 is 1.90 bits per heavy atom. The summed E-state index contributed by atoms with van der Waals surface area (Å²) in [6, 6.07) is 11.7.